The van der Waals surface area contributed by atoms with Crippen LogP contribution in [0.15, 0.2) is 46.7 Å². The summed E-state index contributed by atoms with van der Waals surface area (Å²) in [5.41, 5.74) is 6.32. The van der Waals surface area contributed by atoms with Gasteiger partial charge in [-0.15, -0.1) is 23.1 Å². The first-order valence-corrected chi connectivity index (χ1v) is 10.00. The van der Waals surface area contributed by atoms with Crippen molar-refractivity contribution >= 4 is 38.8 Å². The van der Waals surface area contributed by atoms with Gasteiger partial charge in [0, 0.05) is 21.2 Å². The molecule has 2 rings (SSSR count). The third-order valence-corrected chi connectivity index (χ3v) is 6.61. The SMILES string of the molecule is CC(NS(=O)(=O)CCSc1ccc(N)cc1)c1cccs1. The molecule has 7 heteroatoms. The van der Waals surface area contributed by atoms with Crippen molar-refractivity contribution in [2.24, 2.45) is 0 Å². The molecule has 0 fully saturated rings. The van der Waals surface area contributed by atoms with E-state index >= 15 is 0 Å². The predicted molar refractivity (Wildman–Crippen MR) is 91.2 cm³/mol. The maximum atomic E-state index is 12.0. The average Bonchev–Trinajstić information content (AvgIpc) is 2.94. The van der Waals surface area contributed by atoms with Crippen LogP contribution >= 0.6 is 23.1 Å². The number of nitrogens with two attached hydrogens (primary N) is 1. The number of sulfonamides is 1. The van der Waals surface area contributed by atoms with E-state index in [4.69, 9.17) is 5.73 Å². The number of hydrogen-bond acceptors (Lipinski definition) is 5. The minimum atomic E-state index is -3.27. The number of benzene rings is 1. The van der Waals surface area contributed by atoms with Crippen molar-refractivity contribution in [2.75, 3.05) is 17.2 Å². The van der Waals surface area contributed by atoms with Gasteiger partial charge in [-0.25, -0.2) is 13.1 Å². The summed E-state index contributed by atoms with van der Waals surface area (Å²) in [6.07, 6.45) is 0. The van der Waals surface area contributed by atoms with E-state index in [9.17, 15) is 8.42 Å². The normalized spacial score (nSPS) is 13.2. The first-order chi connectivity index (χ1) is 9.96. The number of hydrogen-bond donors (Lipinski definition) is 2. The monoisotopic (exact) mass is 342 g/mol. The van der Waals surface area contributed by atoms with Crippen molar-refractivity contribution in [3.05, 3.63) is 46.7 Å². The molecule has 0 saturated heterocycles. The fourth-order valence-corrected chi connectivity index (χ4v) is 5.13. The maximum absolute atomic E-state index is 12.0. The largest absolute Gasteiger partial charge is 0.399 e. The van der Waals surface area contributed by atoms with E-state index in [0.29, 0.717) is 11.4 Å². The van der Waals surface area contributed by atoms with E-state index in [1.54, 1.807) is 11.3 Å². The lowest BCUT2D eigenvalue weighted by Gasteiger charge is -2.12. The molecule has 0 aliphatic heterocycles. The zero-order valence-electron chi connectivity index (χ0n) is 11.7. The van der Waals surface area contributed by atoms with Crippen molar-refractivity contribution < 1.29 is 8.42 Å². The Morgan fingerprint density at radius 3 is 2.62 bits per heavy atom. The summed E-state index contributed by atoms with van der Waals surface area (Å²) in [4.78, 5) is 2.04. The fourth-order valence-electron chi connectivity index (χ4n) is 1.76. The van der Waals surface area contributed by atoms with Gasteiger partial charge in [0.15, 0.2) is 0 Å². The molecule has 0 bridgehead atoms. The van der Waals surface area contributed by atoms with Crippen LogP contribution in [0.25, 0.3) is 0 Å². The van der Waals surface area contributed by atoms with Gasteiger partial charge in [0.05, 0.1) is 11.8 Å². The van der Waals surface area contributed by atoms with Crippen LogP contribution in [0.5, 0.6) is 0 Å². The predicted octanol–water partition coefficient (Wildman–Crippen LogP) is 3.10. The highest BCUT2D eigenvalue weighted by molar-refractivity contribution is 8.00. The smallest absolute Gasteiger partial charge is 0.212 e. The summed E-state index contributed by atoms with van der Waals surface area (Å²) in [5, 5.41) is 1.94. The highest BCUT2D eigenvalue weighted by Gasteiger charge is 2.16. The molecule has 0 spiro atoms. The van der Waals surface area contributed by atoms with E-state index in [2.05, 4.69) is 4.72 Å². The van der Waals surface area contributed by atoms with Crippen LogP contribution in [-0.2, 0) is 10.0 Å². The fraction of sp³-hybridized carbons (Fsp3) is 0.286. The highest BCUT2D eigenvalue weighted by Crippen LogP contribution is 2.21. The molecule has 4 nitrogen and oxygen atoms in total. The van der Waals surface area contributed by atoms with Gasteiger partial charge in [0.25, 0.3) is 0 Å². The Bertz CT molecular complexity index is 652. The number of thioether (sulfide) groups is 1. The summed E-state index contributed by atoms with van der Waals surface area (Å²) >= 11 is 3.06. The third kappa shape index (κ3) is 5.35. The van der Waals surface area contributed by atoms with E-state index in [1.165, 1.54) is 11.8 Å². The second-order valence-corrected chi connectivity index (χ2v) is 8.61. The standard InChI is InChI=1S/C14H18N2O2S3/c1-11(14-3-2-8-20-14)16-21(17,18)10-9-19-13-6-4-12(15)5-7-13/h2-8,11,16H,9-10,15H2,1H3. The van der Waals surface area contributed by atoms with Gasteiger partial charge in [-0.2, -0.15) is 0 Å². The molecule has 0 aliphatic rings. The molecule has 1 aromatic carbocycles. The van der Waals surface area contributed by atoms with E-state index in [0.717, 1.165) is 9.77 Å². The molecule has 0 radical (unpaired) electrons. The van der Waals surface area contributed by atoms with E-state index in [-0.39, 0.29) is 11.8 Å². The molecule has 1 heterocycles. The number of thiophene rings is 1. The first-order valence-electron chi connectivity index (χ1n) is 6.48. The summed E-state index contributed by atoms with van der Waals surface area (Å²) in [6, 6.07) is 11.1. The van der Waals surface area contributed by atoms with Gasteiger partial charge < -0.3 is 5.73 Å². The maximum Gasteiger partial charge on any atom is 0.212 e. The van der Waals surface area contributed by atoms with Crippen LogP contribution in [0.1, 0.15) is 17.8 Å². The third-order valence-electron chi connectivity index (χ3n) is 2.83. The summed E-state index contributed by atoms with van der Waals surface area (Å²) in [7, 11) is -3.27. The molecule has 1 aromatic heterocycles. The quantitative estimate of drug-likeness (QED) is 0.599. The van der Waals surface area contributed by atoms with Crippen LogP contribution in [0.4, 0.5) is 5.69 Å². The Morgan fingerprint density at radius 1 is 1.29 bits per heavy atom. The van der Waals surface area contributed by atoms with Gasteiger partial charge in [-0.3, -0.25) is 0 Å². The Morgan fingerprint density at radius 2 is 2.00 bits per heavy atom. The topological polar surface area (TPSA) is 72.2 Å². The van der Waals surface area contributed by atoms with Gasteiger partial charge in [0.1, 0.15) is 0 Å². The highest BCUT2D eigenvalue weighted by atomic mass is 32.2. The van der Waals surface area contributed by atoms with Crippen molar-refractivity contribution in [1.82, 2.24) is 4.72 Å². The second-order valence-electron chi connectivity index (χ2n) is 4.59. The molecule has 3 N–H and O–H groups in total. The van der Waals surface area contributed by atoms with E-state index < -0.39 is 10.0 Å². The summed E-state index contributed by atoms with van der Waals surface area (Å²) in [5.74, 6) is 0.605. The Hall–Kier alpha value is -1.02. The van der Waals surface area contributed by atoms with Crippen LogP contribution in [-0.4, -0.2) is 19.9 Å². The van der Waals surface area contributed by atoms with Crippen LogP contribution in [0, 0.1) is 0 Å². The van der Waals surface area contributed by atoms with Crippen LogP contribution < -0.4 is 10.5 Å². The first kappa shape index (κ1) is 16.4. The number of nitrogens with one attached hydrogen (secondary N) is 1. The lowest BCUT2D eigenvalue weighted by molar-refractivity contribution is 0.570. The van der Waals surface area contributed by atoms with Crippen molar-refractivity contribution in [3.63, 3.8) is 0 Å². The van der Waals surface area contributed by atoms with Gasteiger partial charge in [-0.05, 0) is 42.6 Å². The minimum absolute atomic E-state index is 0.0950. The average molecular weight is 343 g/mol. The van der Waals surface area contributed by atoms with E-state index in [1.807, 2.05) is 48.7 Å². The Balaban J connectivity index is 1.82. The van der Waals surface area contributed by atoms with Crippen molar-refractivity contribution in [3.8, 4) is 0 Å². The summed E-state index contributed by atoms with van der Waals surface area (Å²) < 4.78 is 26.8. The molecule has 0 saturated carbocycles. The molecule has 0 amide bonds. The molecule has 21 heavy (non-hydrogen) atoms. The number of rotatable bonds is 7. The number of anilines is 1. The second kappa shape index (κ2) is 7.31. The zero-order valence-corrected chi connectivity index (χ0v) is 14.1. The minimum Gasteiger partial charge on any atom is -0.399 e. The molecule has 0 aliphatic carbocycles. The van der Waals surface area contributed by atoms with Crippen molar-refractivity contribution in [1.29, 1.82) is 0 Å². The zero-order chi connectivity index (χ0) is 15.3. The Kier molecular flexibility index (Phi) is 5.69. The molecule has 1 unspecified atom stereocenters. The lowest BCUT2D eigenvalue weighted by atomic mass is 10.3. The van der Waals surface area contributed by atoms with Crippen molar-refractivity contribution in [2.45, 2.75) is 17.9 Å². The van der Waals surface area contributed by atoms with Crippen LogP contribution in [0.2, 0.25) is 0 Å². The molecular weight excluding hydrogens is 324 g/mol. The molecule has 2 aromatic rings. The van der Waals surface area contributed by atoms with Gasteiger partial charge in [-0.1, -0.05) is 6.07 Å². The molecule has 1 atom stereocenters. The number of nitrogen functional groups attached to an aromatic ring is 1. The van der Waals surface area contributed by atoms with Gasteiger partial charge >= 0.3 is 0 Å². The Labute approximate surface area is 133 Å². The van der Waals surface area contributed by atoms with Crippen LogP contribution in [0.3, 0.4) is 0 Å². The molecule has 114 valence electrons. The lowest BCUT2D eigenvalue weighted by Crippen LogP contribution is -2.29. The van der Waals surface area contributed by atoms with Gasteiger partial charge in [0.2, 0.25) is 10.0 Å². The molecular formula is C14H18N2O2S3. The summed E-state index contributed by atoms with van der Waals surface area (Å²) in [6.45, 7) is 1.86.